The second-order valence-electron chi connectivity index (χ2n) is 9.10. The number of aromatic nitrogens is 3. The molecule has 0 amide bonds. The number of nitrogens with zero attached hydrogens (tertiary/aromatic N) is 3. The molecule has 2 aromatic heterocycles. The Morgan fingerprint density at radius 2 is 1.66 bits per heavy atom. The van der Waals surface area contributed by atoms with Gasteiger partial charge in [0.2, 0.25) is 0 Å². The van der Waals surface area contributed by atoms with E-state index in [2.05, 4.69) is 14.8 Å². The molecule has 3 aromatic carbocycles. The van der Waals surface area contributed by atoms with Gasteiger partial charge < -0.3 is 9.15 Å². The molecule has 41 heavy (non-hydrogen) atoms. The Kier molecular flexibility index (Phi) is 7.39. The van der Waals surface area contributed by atoms with Crippen LogP contribution in [0.3, 0.4) is 0 Å². The maximum absolute atomic E-state index is 14.7. The summed E-state index contributed by atoms with van der Waals surface area (Å²) in [4.78, 5) is 4.43. The van der Waals surface area contributed by atoms with Gasteiger partial charge in [-0.1, -0.05) is 29.8 Å². The van der Waals surface area contributed by atoms with E-state index in [0.29, 0.717) is 33.1 Å². The van der Waals surface area contributed by atoms with E-state index < -0.39 is 33.8 Å². The minimum absolute atomic E-state index is 0.0159. The first-order valence-electron chi connectivity index (χ1n) is 11.9. The number of hydrogen-bond acceptors (Lipinski definition) is 6. The summed E-state index contributed by atoms with van der Waals surface area (Å²) in [5, 5.41) is 4.81. The van der Waals surface area contributed by atoms with Crippen molar-refractivity contribution in [2.45, 2.75) is 25.4 Å². The molecule has 5 aromatic rings. The highest BCUT2D eigenvalue weighted by Crippen LogP contribution is 2.40. The molecule has 0 bridgehead atoms. The highest BCUT2D eigenvalue weighted by atomic mass is 35.5. The molecule has 2 heterocycles. The van der Waals surface area contributed by atoms with Crippen LogP contribution in [0.4, 0.5) is 17.6 Å². The van der Waals surface area contributed by atoms with Crippen LogP contribution >= 0.6 is 11.6 Å². The quantitative estimate of drug-likeness (QED) is 0.180. The third-order valence-corrected chi connectivity index (χ3v) is 7.62. The van der Waals surface area contributed by atoms with E-state index in [9.17, 15) is 26.0 Å². The minimum atomic E-state index is -3.49. The van der Waals surface area contributed by atoms with Crippen molar-refractivity contribution in [1.82, 2.24) is 14.8 Å². The lowest BCUT2D eigenvalue weighted by Crippen LogP contribution is -2.06. The molecule has 212 valence electrons. The van der Waals surface area contributed by atoms with E-state index in [1.165, 1.54) is 23.7 Å². The highest BCUT2D eigenvalue weighted by Gasteiger charge is 2.24. The summed E-state index contributed by atoms with van der Waals surface area (Å²) in [5.41, 5.74) is 2.44. The van der Waals surface area contributed by atoms with Gasteiger partial charge in [0.05, 0.1) is 21.3 Å². The molecular formula is C28H20ClF4N3O4S. The van der Waals surface area contributed by atoms with Crippen molar-refractivity contribution in [2.24, 2.45) is 0 Å². The third-order valence-electron chi connectivity index (χ3n) is 6.14. The number of sulfone groups is 1. The number of oxazole rings is 1. The van der Waals surface area contributed by atoms with Crippen LogP contribution in [0.2, 0.25) is 5.02 Å². The first-order chi connectivity index (χ1) is 19.3. The van der Waals surface area contributed by atoms with Gasteiger partial charge in [0.25, 0.3) is 0 Å². The number of rotatable bonds is 7. The van der Waals surface area contributed by atoms with Crippen molar-refractivity contribution in [2.75, 3.05) is 6.26 Å². The van der Waals surface area contributed by atoms with Crippen LogP contribution in [0, 0.1) is 25.5 Å². The Morgan fingerprint density at radius 3 is 2.27 bits per heavy atom. The van der Waals surface area contributed by atoms with E-state index in [1.807, 2.05) is 0 Å². The fourth-order valence-corrected chi connectivity index (χ4v) is 5.07. The number of benzene rings is 3. The van der Waals surface area contributed by atoms with Crippen LogP contribution in [-0.2, 0) is 9.84 Å². The molecule has 0 saturated heterocycles. The average molecular weight is 606 g/mol. The Labute approximate surface area is 236 Å². The van der Waals surface area contributed by atoms with Gasteiger partial charge in [0.15, 0.2) is 38.9 Å². The smallest absolute Gasteiger partial charge is 0.387 e. The van der Waals surface area contributed by atoms with Crippen LogP contribution < -0.4 is 4.74 Å². The number of hydrogen-bond donors (Lipinski definition) is 0. The molecule has 0 radical (unpaired) electrons. The molecule has 0 saturated carbocycles. The van der Waals surface area contributed by atoms with E-state index in [0.717, 1.165) is 18.4 Å². The topological polar surface area (TPSA) is 87.2 Å². The van der Waals surface area contributed by atoms with Gasteiger partial charge in [0, 0.05) is 30.5 Å². The Bertz CT molecular complexity index is 1860. The fraction of sp³-hybridized carbons (Fsp3) is 0.143. The van der Waals surface area contributed by atoms with Crippen LogP contribution in [0.1, 0.15) is 11.6 Å². The second-order valence-corrected chi connectivity index (χ2v) is 11.5. The minimum Gasteiger partial charge on any atom is -0.440 e. The fourth-order valence-electron chi connectivity index (χ4n) is 4.27. The van der Waals surface area contributed by atoms with Gasteiger partial charge in [-0.05, 0) is 54.4 Å². The summed E-state index contributed by atoms with van der Waals surface area (Å²) in [6.45, 7) is -0.185. The summed E-state index contributed by atoms with van der Waals surface area (Å²) in [7, 11) is -3.49. The predicted octanol–water partition coefficient (Wildman–Crippen LogP) is 7.41. The molecule has 0 aliphatic carbocycles. The van der Waals surface area contributed by atoms with Crippen LogP contribution in [0.5, 0.6) is 5.75 Å². The standard InChI is InChI=1S/C28H20ClF4N3O4S/c1-14-21(29)13-36(35-14)24-8-7-17(16-5-4-6-19(9-16)41(3,37)38)10-20(24)26-25(34-15(2)39-26)18-11-22(30)27(23(31)12-18)40-28(32)33/h4-13,28H,1-3H3. The summed E-state index contributed by atoms with van der Waals surface area (Å²) in [6, 6.07) is 13.1. The predicted molar refractivity (Wildman–Crippen MR) is 144 cm³/mol. The zero-order chi connectivity index (χ0) is 29.6. The van der Waals surface area contributed by atoms with Crippen molar-refractivity contribution in [1.29, 1.82) is 0 Å². The second kappa shape index (κ2) is 10.7. The van der Waals surface area contributed by atoms with Crippen molar-refractivity contribution in [3.8, 4) is 45.1 Å². The van der Waals surface area contributed by atoms with Crippen molar-refractivity contribution in [3.63, 3.8) is 0 Å². The molecule has 0 fully saturated rings. The lowest BCUT2D eigenvalue weighted by Gasteiger charge is -2.13. The third kappa shape index (κ3) is 5.70. The van der Waals surface area contributed by atoms with Crippen molar-refractivity contribution in [3.05, 3.63) is 89.0 Å². The van der Waals surface area contributed by atoms with Gasteiger partial charge in [-0.3, -0.25) is 0 Å². The van der Waals surface area contributed by atoms with E-state index >= 15 is 0 Å². The molecule has 7 nitrogen and oxygen atoms in total. The molecule has 0 aliphatic rings. The van der Waals surface area contributed by atoms with Gasteiger partial charge >= 0.3 is 6.61 Å². The van der Waals surface area contributed by atoms with Crippen LogP contribution in [0.15, 0.2) is 70.1 Å². The Hall–Kier alpha value is -4.16. The first kappa shape index (κ1) is 28.4. The van der Waals surface area contributed by atoms with Crippen LogP contribution in [-0.4, -0.2) is 36.0 Å². The number of halogens is 5. The zero-order valence-electron chi connectivity index (χ0n) is 21.6. The summed E-state index contributed by atoms with van der Waals surface area (Å²) >= 11 is 6.26. The largest absolute Gasteiger partial charge is 0.440 e. The lowest BCUT2D eigenvalue weighted by molar-refractivity contribution is -0.0546. The van der Waals surface area contributed by atoms with E-state index in [-0.39, 0.29) is 27.8 Å². The molecule has 13 heteroatoms. The number of ether oxygens (including phenoxy) is 1. The first-order valence-corrected chi connectivity index (χ1v) is 14.2. The molecule has 0 aliphatic heterocycles. The van der Waals surface area contributed by atoms with Crippen molar-refractivity contribution >= 4 is 21.4 Å². The Balaban J connectivity index is 1.74. The summed E-state index contributed by atoms with van der Waals surface area (Å²) in [6.07, 6.45) is 2.67. The van der Waals surface area contributed by atoms with Gasteiger partial charge in [0.1, 0.15) is 5.69 Å². The van der Waals surface area contributed by atoms with Crippen molar-refractivity contribution < 1.29 is 35.1 Å². The SMILES string of the molecule is Cc1nc(-c2cc(F)c(OC(F)F)c(F)c2)c(-c2cc(-c3cccc(S(C)(=O)=O)c3)ccc2-n2cc(Cl)c(C)n2)o1. The van der Waals surface area contributed by atoms with Crippen LogP contribution in [0.25, 0.3) is 39.4 Å². The maximum atomic E-state index is 14.7. The molecule has 0 unspecified atom stereocenters. The monoisotopic (exact) mass is 605 g/mol. The molecule has 0 atom stereocenters. The number of alkyl halides is 2. The van der Waals surface area contributed by atoms with Gasteiger partial charge in [-0.15, -0.1) is 0 Å². The molecule has 5 rings (SSSR count). The lowest BCUT2D eigenvalue weighted by atomic mass is 9.98. The highest BCUT2D eigenvalue weighted by molar-refractivity contribution is 7.90. The molecular weight excluding hydrogens is 586 g/mol. The average Bonchev–Trinajstić information content (AvgIpc) is 3.46. The summed E-state index contributed by atoms with van der Waals surface area (Å²) in [5.74, 6) is -3.69. The van der Waals surface area contributed by atoms with E-state index in [1.54, 1.807) is 43.5 Å². The zero-order valence-corrected chi connectivity index (χ0v) is 23.2. The molecule has 0 N–H and O–H groups in total. The normalized spacial score (nSPS) is 11.8. The maximum Gasteiger partial charge on any atom is 0.387 e. The summed E-state index contributed by atoms with van der Waals surface area (Å²) < 4.78 is 90.4. The van der Waals surface area contributed by atoms with E-state index in [4.69, 9.17) is 16.0 Å². The molecule has 0 spiro atoms. The number of aryl methyl sites for hydroxylation is 2. The van der Waals surface area contributed by atoms with Gasteiger partial charge in [-0.25, -0.2) is 26.9 Å². The van der Waals surface area contributed by atoms with Gasteiger partial charge in [-0.2, -0.15) is 13.9 Å². The Morgan fingerprint density at radius 1 is 0.976 bits per heavy atom.